The molecule has 1 N–H and O–H groups in total. The summed E-state index contributed by atoms with van der Waals surface area (Å²) in [4.78, 5) is 0. The summed E-state index contributed by atoms with van der Waals surface area (Å²) >= 11 is 0. The smallest absolute Gasteiger partial charge is 0.0837 e. The molecule has 0 amide bonds. The summed E-state index contributed by atoms with van der Waals surface area (Å²) in [6.45, 7) is 5.11. The lowest BCUT2D eigenvalue weighted by atomic mass is 9.82. The lowest BCUT2D eigenvalue weighted by molar-refractivity contribution is -0.0752. The van der Waals surface area contributed by atoms with E-state index in [0.29, 0.717) is 6.04 Å². The molecule has 0 spiro atoms. The Hall–Kier alpha value is -0.860. The molecule has 1 atom stereocenters. The van der Waals surface area contributed by atoms with Crippen molar-refractivity contribution >= 4 is 0 Å². The fourth-order valence-electron chi connectivity index (χ4n) is 3.83. The quantitative estimate of drug-likeness (QED) is 0.790. The van der Waals surface area contributed by atoms with Crippen LogP contribution in [0.2, 0.25) is 0 Å². The largest absolute Gasteiger partial charge is 0.374 e. The maximum Gasteiger partial charge on any atom is 0.0837 e. The molecule has 2 nitrogen and oxygen atoms in total. The number of benzene rings is 1. The summed E-state index contributed by atoms with van der Waals surface area (Å²) in [5.41, 5.74) is 2.77. The second-order valence-corrected chi connectivity index (χ2v) is 6.45. The zero-order valence-corrected chi connectivity index (χ0v) is 14.0. The molecule has 0 bridgehead atoms. The van der Waals surface area contributed by atoms with Crippen molar-refractivity contribution in [2.24, 2.45) is 0 Å². The first-order valence-corrected chi connectivity index (χ1v) is 8.57. The molecule has 1 fully saturated rings. The summed E-state index contributed by atoms with van der Waals surface area (Å²) < 4.78 is 6.34. The van der Waals surface area contributed by atoms with E-state index in [9.17, 15) is 0 Å². The van der Waals surface area contributed by atoms with Crippen LogP contribution >= 0.6 is 0 Å². The van der Waals surface area contributed by atoms with Crippen LogP contribution in [0.15, 0.2) is 24.3 Å². The second-order valence-electron chi connectivity index (χ2n) is 6.45. The van der Waals surface area contributed by atoms with E-state index >= 15 is 0 Å². The van der Waals surface area contributed by atoms with Gasteiger partial charge in [-0.15, -0.1) is 0 Å². The average Bonchev–Trinajstić information content (AvgIpc) is 2.72. The van der Waals surface area contributed by atoms with Crippen molar-refractivity contribution < 1.29 is 4.74 Å². The average molecular weight is 289 g/mol. The third-order valence-corrected chi connectivity index (χ3v) is 4.89. The first-order valence-electron chi connectivity index (χ1n) is 8.57. The molecule has 1 aliphatic rings. The first kappa shape index (κ1) is 16.5. The maximum atomic E-state index is 6.34. The maximum absolute atomic E-state index is 6.34. The van der Waals surface area contributed by atoms with Crippen molar-refractivity contribution in [1.82, 2.24) is 5.32 Å². The molecular weight excluding hydrogens is 258 g/mol. The molecule has 0 aliphatic heterocycles. The molecule has 2 heteroatoms. The number of rotatable bonds is 6. The van der Waals surface area contributed by atoms with Crippen LogP contribution in [0.25, 0.3) is 0 Å². The van der Waals surface area contributed by atoms with Crippen LogP contribution in [0.3, 0.4) is 0 Å². The predicted molar refractivity (Wildman–Crippen MR) is 89.8 cm³/mol. The van der Waals surface area contributed by atoms with Gasteiger partial charge in [0.1, 0.15) is 0 Å². The Bertz CT molecular complexity index is 421. The van der Waals surface area contributed by atoms with Crippen molar-refractivity contribution in [1.29, 1.82) is 0 Å². The van der Waals surface area contributed by atoms with E-state index in [1.54, 1.807) is 0 Å². The van der Waals surface area contributed by atoms with Crippen LogP contribution in [-0.4, -0.2) is 25.3 Å². The van der Waals surface area contributed by atoms with E-state index < -0.39 is 0 Å². The van der Waals surface area contributed by atoms with Crippen molar-refractivity contribution in [3.05, 3.63) is 35.4 Å². The minimum atomic E-state index is 0.0176. The fraction of sp³-hybridized carbons (Fsp3) is 0.684. The molecule has 1 aromatic carbocycles. The van der Waals surface area contributed by atoms with Gasteiger partial charge in [-0.25, -0.2) is 0 Å². The van der Waals surface area contributed by atoms with Crippen LogP contribution < -0.4 is 5.32 Å². The molecule has 1 saturated carbocycles. The Balaban J connectivity index is 2.18. The second kappa shape index (κ2) is 7.95. The van der Waals surface area contributed by atoms with Gasteiger partial charge in [0.25, 0.3) is 0 Å². The Morgan fingerprint density at radius 1 is 1.19 bits per heavy atom. The van der Waals surface area contributed by atoms with E-state index in [0.717, 1.165) is 13.0 Å². The standard InChI is InChI=1S/C19H31NO/c1-4-21-19(12-7-5-6-8-13-19)18(20-3)15-17-11-9-10-16(2)14-17/h9-11,14,18,20H,4-8,12-13,15H2,1-3H3. The highest BCUT2D eigenvalue weighted by molar-refractivity contribution is 5.23. The fourth-order valence-corrected chi connectivity index (χ4v) is 3.83. The minimum Gasteiger partial charge on any atom is -0.374 e. The van der Waals surface area contributed by atoms with Crippen LogP contribution in [0.4, 0.5) is 0 Å². The highest BCUT2D eigenvalue weighted by Gasteiger charge is 2.38. The van der Waals surface area contributed by atoms with Gasteiger partial charge >= 0.3 is 0 Å². The summed E-state index contributed by atoms with van der Waals surface area (Å²) in [5.74, 6) is 0. The minimum absolute atomic E-state index is 0.0176. The molecule has 0 radical (unpaired) electrons. The van der Waals surface area contributed by atoms with Crippen LogP contribution in [0.1, 0.15) is 56.6 Å². The normalized spacial score (nSPS) is 20.0. The molecule has 118 valence electrons. The van der Waals surface area contributed by atoms with E-state index in [4.69, 9.17) is 4.74 Å². The lowest BCUT2D eigenvalue weighted by Crippen LogP contribution is -2.52. The monoisotopic (exact) mass is 289 g/mol. The number of nitrogens with one attached hydrogen (secondary N) is 1. The van der Waals surface area contributed by atoms with Crippen molar-refractivity contribution in [2.45, 2.75) is 70.4 Å². The molecule has 0 aromatic heterocycles. The van der Waals surface area contributed by atoms with Gasteiger partial charge in [-0.2, -0.15) is 0 Å². The van der Waals surface area contributed by atoms with Gasteiger partial charge in [0, 0.05) is 12.6 Å². The van der Waals surface area contributed by atoms with Gasteiger partial charge in [-0.3, -0.25) is 0 Å². The number of likely N-dealkylation sites (N-methyl/N-ethyl adjacent to an activating group) is 1. The van der Waals surface area contributed by atoms with Crippen LogP contribution in [0, 0.1) is 6.92 Å². The van der Waals surface area contributed by atoms with Crippen LogP contribution in [-0.2, 0) is 11.2 Å². The Kier molecular flexibility index (Phi) is 6.25. The number of hydrogen-bond donors (Lipinski definition) is 1. The summed E-state index contributed by atoms with van der Waals surface area (Å²) in [7, 11) is 2.09. The van der Waals surface area contributed by atoms with Gasteiger partial charge in [0.15, 0.2) is 0 Å². The molecule has 0 saturated heterocycles. The highest BCUT2D eigenvalue weighted by Crippen LogP contribution is 2.34. The predicted octanol–water partition coefficient (Wildman–Crippen LogP) is 4.26. The molecule has 1 aromatic rings. The number of ether oxygens (including phenoxy) is 1. The van der Waals surface area contributed by atoms with E-state index in [1.807, 2.05) is 0 Å². The molecular formula is C19H31NO. The van der Waals surface area contributed by atoms with Crippen molar-refractivity contribution in [3.8, 4) is 0 Å². The topological polar surface area (TPSA) is 21.3 Å². The van der Waals surface area contributed by atoms with Gasteiger partial charge in [0.05, 0.1) is 5.60 Å². The molecule has 2 rings (SSSR count). The third kappa shape index (κ3) is 4.31. The van der Waals surface area contributed by atoms with Crippen molar-refractivity contribution in [3.63, 3.8) is 0 Å². The summed E-state index contributed by atoms with van der Waals surface area (Å²) in [6, 6.07) is 9.28. The van der Waals surface area contributed by atoms with Gasteiger partial charge in [0.2, 0.25) is 0 Å². The number of aryl methyl sites for hydroxylation is 1. The molecule has 0 heterocycles. The molecule has 1 aliphatic carbocycles. The van der Waals surface area contributed by atoms with E-state index in [1.165, 1.54) is 49.7 Å². The highest BCUT2D eigenvalue weighted by atomic mass is 16.5. The van der Waals surface area contributed by atoms with Gasteiger partial charge in [-0.05, 0) is 45.7 Å². The van der Waals surface area contributed by atoms with Crippen LogP contribution in [0.5, 0.6) is 0 Å². The zero-order chi connectivity index (χ0) is 15.1. The number of hydrogen-bond acceptors (Lipinski definition) is 2. The zero-order valence-electron chi connectivity index (χ0n) is 14.0. The third-order valence-electron chi connectivity index (χ3n) is 4.89. The van der Waals surface area contributed by atoms with E-state index in [2.05, 4.69) is 50.5 Å². The van der Waals surface area contributed by atoms with Gasteiger partial charge < -0.3 is 10.1 Å². The van der Waals surface area contributed by atoms with Gasteiger partial charge in [-0.1, -0.05) is 55.5 Å². The lowest BCUT2D eigenvalue weighted by Gasteiger charge is -2.40. The SMILES string of the molecule is CCOC1(C(Cc2cccc(C)c2)NC)CCCCCC1. The molecule has 1 unspecified atom stereocenters. The van der Waals surface area contributed by atoms with E-state index in [-0.39, 0.29) is 5.60 Å². The Morgan fingerprint density at radius 2 is 1.90 bits per heavy atom. The Morgan fingerprint density at radius 3 is 2.48 bits per heavy atom. The Labute approximate surface area is 130 Å². The summed E-state index contributed by atoms with van der Waals surface area (Å²) in [6.07, 6.45) is 8.75. The molecule has 21 heavy (non-hydrogen) atoms. The first-order chi connectivity index (χ1) is 10.2. The summed E-state index contributed by atoms with van der Waals surface area (Å²) in [5, 5.41) is 3.57. The van der Waals surface area contributed by atoms with Crippen molar-refractivity contribution in [2.75, 3.05) is 13.7 Å².